The summed E-state index contributed by atoms with van der Waals surface area (Å²) in [7, 11) is 0. The minimum Gasteiger partial charge on any atom is -0.356 e. The third-order valence-corrected chi connectivity index (χ3v) is 5.77. The molecule has 1 aromatic heterocycles. The van der Waals surface area contributed by atoms with Crippen molar-refractivity contribution in [3.05, 3.63) is 59.1 Å². The molecule has 158 valence electrons. The average Bonchev–Trinajstić information content (AvgIpc) is 2.76. The van der Waals surface area contributed by atoms with Gasteiger partial charge in [-0.2, -0.15) is 5.10 Å². The Hall–Kier alpha value is -2.87. The van der Waals surface area contributed by atoms with E-state index in [1.54, 1.807) is 6.07 Å². The van der Waals surface area contributed by atoms with Crippen molar-refractivity contribution in [3.63, 3.8) is 0 Å². The average molecular weight is 412 g/mol. The first-order chi connectivity index (χ1) is 14.5. The number of nitrogens with two attached hydrogens (primary N) is 1. The van der Waals surface area contributed by atoms with E-state index in [1.807, 2.05) is 11.8 Å². The summed E-state index contributed by atoms with van der Waals surface area (Å²) in [5, 5.41) is 7.37. The molecule has 0 spiro atoms. The number of alkyl halides is 2. The molecule has 0 saturated carbocycles. The van der Waals surface area contributed by atoms with Crippen molar-refractivity contribution in [2.24, 2.45) is 10.9 Å². The number of aromatic nitrogens is 2. The fourth-order valence-electron chi connectivity index (χ4n) is 3.95. The second-order valence-electron chi connectivity index (χ2n) is 7.80. The number of rotatable bonds is 4. The largest absolute Gasteiger partial charge is 0.356 e. The van der Waals surface area contributed by atoms with Gasteiger partial charge in [0.25, 0.3) is 5.92 Å². The monoisotopic (exact) mass is 412 g/mol. The van der Waals surface area contributed by atoms with Gasteiger partial charge >= 0.3 is 0 Å². The number of piperidine rings is 1. The second-order valence-corrected chi connectivity index (χ2v) is 7.80. The Bertz CT molecular complexity index is 975. The molecule has 6 nitrogen and oxygen atoms in total. The molecule has 0 unspecified atom stereocenters. The highest BCUT2D eigenvalue weighted by atomic mass is 19.3. The molecule has 8 heteroatoms. The Balaban J connectivity index is 1.64. The van der Waals surface area contributed by atoms with E-state index in [0.29, 0.717) is 17.2 Å². The first kappa shape index (κ1) is 20.4. The summed E-state index contributed by atoms with van der Waals surface area (Å²) in [5.74, 6) is 3.81. The summed E-state index contributed by atoms with van der Waals surface area (Å²) in [4.78, 5) is 10.5. The molecule has 2 aliphatic rings. The SMILES string of the molecule is Cc1ccc(C2=CCNCC2)cc1/C(=N\N)c1cc(N2CCC(F)(F)CC2)ncn1. The molecule has 2 aromatic rings. The van der Waals surface area contributed by atoms with Crippen LogP contribution in [-0.2, 0) is 0 Å². The minimum atomic E-state index is -2.60. The van der Waals surface area contributed by atoms with Gasteiger partial charge in [0.05, 0.1) is 5.69 Å². The predicted octanol–water partition coefficient (Wildman–Crippen LogP) is 3.11. The number of halogens is 2. The van der Waals surface area contributed by atoms with Crippen LogP contribution in [0, 0.1) is 6.92 Å². The van der Waals surface area contributed by atoms with Crippen LogP contribution in [0.5, 0.6) is 0 Å². The Morgan fingerprint density at radius 3 is 2.70 bits per heavy atom. The van der Waals surface area contributed by atoms with E-state index in [4.69, 9.17) is 5.84 Å². The van der Waals surface area contributed by atoms with Crippen LogP contribution < -0.4 is 16.1 Å². The topological polar surface area (TPSA) is 79.4 Å². The summed E-state index contributed by atoms with van der Waals surface area (Å²) < 4.78 is 27.0. The van der Waals surface area contributed by atoms with Crippen molar-refractivity contribution < 1.29 is 8.78 Å². The fourth-order valence-corrected chi connectivity index (χ4v) is 3.95. The zero-order chi connectivity index (χ0) is 21.1. The molecular formula is C22H26F2N6. The lowest BCUT2D eigenvalue weighted by atomic mass is 9.93. The van der Waals surface area contributed by atoms with Crippen LogP contribution in [0.15, 0.2) is 41.8 Å². The number of benzene rings is 1. The van der Waals surface area contributed by atoms with Crippen molar-refractivity contribution in [2.75, 3.05) is 31.1 Å². The normalized spacial score (nSPS) is 19.5. The zero-order valence-electron chi connectivity index (χ0n) is 17.0. The van der Waals surface area contributed by atoms with E-state index < -0.39 is 5.92 Å². The highest BCUT2D eigenvalue weighted by Gasteiger charge is 2.34. The Morgan fingerprint density at radius 2 is 2.00 bits per heavy atom. The number of nitrogens with one attached hydrogen (secondary N) is 1. The maximum absolute atomic E-state index is 13.5. The molecule has 0 bridgehead atoms. The molecule has 1 aromatic carbocycles. The van der Waals surface area contributed by atoms with Gasteiger partial charge in [0.15, 0.2) is 0 Å². The molecule has 0 aliphatic carbocycles. The van der Waals surface area contributed by atoms with Crippen molar-refractivity contribution in [1.29, 1.82) is 0 Å². The number of anilines is 1. The lowest BCUT2D eigenvalue weighted by Crippen LogP contribution is -2.39. The molecule has 3 heterocycles. The van der Waals surface area contributed by atoms with Gasteiger partial charge in [-0.3, -0.25) is 0 Å². The Kier molecular flexibility index (Phi) is 5.76. The molecule has 4 rings (SSSR count). The van der Waals surface area contributed by atoms with E-state index in [0.717, 1.165) is 36.2 Å². The van der Waals surface area contributed by atoms with Crippen LogP contribution in [0.25, 0.3) is 5.57 Å². The number of hydrazone groups is 1. The zero-order valence-corrected chi connectivity index (χ0v) is 17.0. The van der Waals surface area contributed by atoms with Gasteiger partial charge in [0.1, 0.15) is 17.9 Å². The summed E-state index contributed by atoms with van der Waals surface area (Å²) in [6.07, 6.45) is 4.27. The van der Waals surface area contributed by atoms with Crippen molar-refractivity contribution in [3.8, 4) is 0 Å². The van der Waals surface area contributed by atoms with E-state index in [9.17, 15) is 8.78 Å². The van der Waals surface area contributed by atoms with Crippen molar-refractivity contribution >= 4 is 17.1 Å². The number of hydrogen-bond donors (Lipinski definition) is 2. The lowest BCUT2D eigenvalue weighted by Gasteiger charge is -2.32. The molecule has 0 amide bonds. The van der Waals surface area contributed by atoms with Gasteiger partial charge in [-0.05, 0) is 42.7 Å². The van der Waals surface area contributed by atoms with Gasteiger partial charge in [0, 0.05) is 44.1 Å². The van der Waals surface area contributed by atoms with Crippen LogP contribution in [0.4, 0.5) is 14.6 Å². The van der Waals surface area contributed by atoms with Crippen LogP contribution >= 0.6 is 0 Å². The smallest absolute Gasteiger partial charge is 0.251 e. The van der Waals surface area contributed by atoms with E-state index >= 15 is 0 Å². The molecule has 30 heavy (non-hydrogen) atoms. The van der Waals surface area contributed by atoms with Gasteiger partial charge in [-0.25, -0.2) is 18.7 Å². The van der Waals surface area contributed by atoms with E-state index in [-0.39, 0.29) is 25.9 Å². The van der Waals surface area contributed by atoms with Gasteiger partial charge in [0.2, 0.25) is 0 Å². The van der Waals surface area contributed by atoms with Crippen molar-refractivity contribution in [1.82, 2.24) is 15.3 Å². The first-order valence-corrected chi connectivity index (χ1v) is 10.2. The van der Waals surface area contributed by atoms with Crippen LogP contribution in [0.1, 0.15) is 41.6 Å². The van der Waals surface area contributed by atoms with E-state index in [1.165, 1.54) is 11.9 Å². The van der Waals surface area contributed by atoms with Gasteiger partial charge in [-0.1, -0.05) is 18.2 Å². The Labute approximate surface area is 174 Å². The van der Waals surface area contributed by atoms with Crippen LogP contribution in [-0.4, -0.2) is 47.8 Å². The third kappa shape index (κ3) is 4.33. The second kappa shape index (κ2) is 8.47. The molecule has 0 radical (unpaired) electrons. The maximum atomic E-state index is 13.5. The highest BCUT2D eigenvalue weighted by Crippen LogP contribution is 2.30. The molecule has 0 atom stereocenters. The number of aryl methyl sites for hydroxylation is 1. The van der Waals surface area contributed by atoms with Crippen LogP contribution in [0.2, 0.25) is 0 Å². The predicted molar refractivity (Wildman–Crippen MR) is 115 cm³/mol. The maximum Gasteiger partial charge on any atom is 0.251 e. The summed E-state index contributed by atoms with van der Waals surface area (Å²) in [6, 6.07) is 8.06. The van der Waals surface area contributed by atoms with E-state index in [2.05, 4.69) is 44.7 Å². The highest BCUT2D eigenvalue weighted by molar-refractivity contribution is 6.13. The van der Waals surface area contributed by atoms with Crippen molar-refractivity contribution in [2.45, 2.75) is 32.1 Å². The summed E-state index contributed by atoms with van der Waals surface area (Å²) >= 11 is 0. The number of hydrogen-bond acceptors (Lipinski definition) is 6. The molecule has 1 fully saturated rings. The number of nitrogens with zero attached hydrogens (tertiary/aromatic N) is 4. The molecule has 1 saturated heterocycles. The fraction of sp³-hybridized carbons (Fsp3) is 0.409. The molecular weight excluding hydrogens is 386 g/mol. The standard InChI is InChI=1S/C22H26F2N6/c1-15-2-3-17(16-4-8-26-9-5-16)12-18(15)21(29-25)19-13-20(28-14-27-19)30-10-6-22(23,24)7-11-30/h2-4,12-14,26H,5-11,25H2,1H3/b29-21+. The van der Waals surface area contributed by atoms with Gasteiger partial charge in [-0.15, -0.1) is 0 Å². The minimum absolute atomic E-state index is 0.171. The summed E-state index contributed by atoms with van der Waals surface area (Å²) in [5.41, 5.74) is 5.53. The third-order valence-electron chi connectivity index (χ3n) is 5.77. The summed E-state index contributed by atoms with van der Waals surface area (Å²) in [6.45, 7) is 4.35. The quantitative estimate of drug-likeness (QED) is 0.458. The first-order valence-electron chi connectivity index (χ1n) is 10.2. The molecule has 3 N–H and O–H groups in total. The van der Waals surface area contributed by atoms with Gasteiger partial charge < -0.3 is 16.1 Å². The van der Waals surface area contributed by atoms with Crippen LogP contribution in [0.3, 0.4) is 0 Å². The lowest BCUT2D eigenvalue weighted by molar-refractivity contribution is -0.0221. The molecule has 2 aliphatic heterocycles. The Morgan fingerprint density at radius 1 is 1.20 bits per heavy atom.